The van der Waals surface area contributed by atoms with E-state index in [-0.39, 0.29) is 11.5 Å². The van der Waals surface area contributed by atoms with Crippen molar-refractivity contribution in [2.24, 2.45) is 11.1 Å². The Bertz CT molecular complexity index is 551. The molecule has 0 radical (unpaired) electrons. The molecule has 0 saturated carbocycles. The lowest BCUT2D eigenvalue weighted by molar-refractivity contribution is 0.335. The Morgan fingerprint density at radius 2 is 2.11 bits per heavy atom. The van der Waals surface area contributed by atoms with Crippen LogP contribution >= 0.6 is 0 Å². The van der Waals surface area contributed by atoms with E-state index in [0.29, 0.717) is 0 Å². The van der Waals surface area contributed by atoms with Crippen molar-refractivity contribution in [1.82, 2.24) is 14.5 Å². The molecule has 2 aromatic heterocycles. The quantitative estimate of drug-likeness (QED) is 0.919. The molecule has 104 valence electrons. The monoisotopic (exact) mass is 260 g/mol. The lowest BCUT2D eigenvalue weighted by Gasteiger charge is -2.23. The predicted octanol–water partition coefficient (Wildman–Crippen LogP) is 2.76. The number of nitrogens with two attached hydrogens (primary N) is 1. The number of hydrogen-bond donors (Lipinski definition) is 1. The van der Waals surface area contributed by atoms with Gasteiger partial charge in [0.05, 0.1) is 11.7 Å². The normalized spacial score (nSPS) is 13.9. The fourth-order valence-corrected chi connectivity index (χ4v) is 2.63. The van der Waals surface area contributed by atoms with E-state index < -0.39 is 0 Å². The van der Waals surface area contributed by atoms with Crippen molar-refractivity contribution < 1.29 is 0 Å². The highest BCUT2D eigenvalue weighted by atomic mass is 15.1. The summed E-state index contributed by atoms with van der Waals surface area (Å²) in [6, 6.07) is 2.17. The highest BCUT2D eigenvalue weighted by Crippen LogP contribution is 2.22. The molecule has 0 aliphatic rings. The summed E-state index contributed by atoms with van der Waals surface area (Å²) in [5.41, 5.74) is 8.63. The fraction of sp³-hybridized carbons (Fsp3) is 0.600. The average molecular weight is 260 g/mol. The molecule has 0 bridgehead atoms. The van der Waals surface area contributed by atoms with E-state index in [2.05, 4.69) is 42.2 Å². The lowest BCUT2D eigenvalue weighted by Crippen LogP contribution is -2.29. The summed E-state index contributed by atoms with van der Waals surface area (Å²) in [6.07, 6.45) is 5.45. The molecule has 1 atom stereocenters. The van der Waals surface area contributed by atoms with Crippen molar-refractivity contribution in [1.29, 1.82) is 0 Å². The van der Waals surface area contributed by atoms with Gasteiger partial charge in [0.1, 0.15) is 11.3 Å². The summed E-state index contributed by atoms with van der Waals surface area (Å²) in [5.74, 6) is 1.07. The van der Waals surface area contributed by atoms with Gasteiger partial charge < -0.3 is 10.3 Å². The van der Waals surface area contributed by atoms with Crippen molar-refractivity contribution in [3.05, 3.63) is 24.3 Å². The highest BCUT2D eigenvalue weighted by molar-refractivity contribution is 5.74. The smallest absolute Gasteiger partial charge is 0.111 e. The van der Waals surface area contributed by atoms with E-state index in [9.17, 15) is 0 Å². The third-order valence-electron chi connectivity index (χ3n) is 3.27. The molecule has 0 aromatic carbocycles. The Hall–Kier alpha value is -1.42. The van der Waals surface area contributed by atoms with Crippen LogP contribution in [-0.2, 0) is 13.0 Å². The molecule has 0 aliphatic carbocycles. The highest BCUT2D eigenvalue weighted by Gasteiger charge is 2.18. The van der Waals surface area contributed by atoms with Crippen LogP contribution in [0, 0.1) is 5.41 Å². The molecule has 2 N–H and O–H groups in total. The van der Waals surface area contributed by atoms with Crippen LogP contribution in [-0.4, -0.2) is 20.6 Å². The largest absolute Gasteiger partial charge is 0.328 e. The molecule has 0 fully saturated rings. The molecule has 2 rings (SSSR count). The van der Waals surface area contributed by atoms with Crippen molar-refractivity contribution in [3.63, 3.8) is 0 Å². The molecule has 2 heterocycles. The third-order valence-corrected chi connectivity index (χ3v) is 3.27. The van der Waals surface area contributed by atoms with Gasteiger partial charge in [0.2, 0.25) is 0 Å². The van der Waals surface area contributed by atoms with Crippen LogP contribution in [0.2, 0.25) is 0 Å². The zero-order valence-electron chi connectivity index (χ0n) is 12.3. The third kappa shape index (κ3) is 3.32. The number of rotatable bonds is 4. The van der Waals surface area contributed by atoms with Crippen LogP contribution in [0.25, 0.3) is 11.0 Å². The summed E-state index contributed by atoms with van der Waals surface area (Å²) in [5, 5.41) is 0. The number of hydrogen-bond acceptors (Lipinski definition) is 3. The second kappa shape index (κ2) is 5.29. The van der Waals surface area contributed by atoms with Crippen LogP contribution in [0.1, 0.15) is 39.9 Å². The topological polar surface area (TPSA) is 56.7 Å². The van der Waals surface area contributed by atoms with Gasteiger partial charge >= 0.3 is 0 Å². The van der Waals surface area contributed by atoms with Crippen molar-refractivity contribution in [2.75, 3.05) is 0 Å². The van der Waals surface area contributed by atoms with Gasteiger partial charge in [-0.3, -0.25) is 4.98 Å². The van der Waals surface area contributed by atoms with Gasteiger partial charge in [-0.1, -0.05) is 20.8 Å². The van der Waals surface area contributed by atoms with Crippen molar-refractivity contribution in [3.8, 4) is 0 Å². The van der Waals surface area contributed by atoms with E-state index in [0.717, 1.165) is 36.2 Å². The first-order valence-corrected chi connectivity index (χ1v) is 6.95. The van der Waals surface area contributed by atoms with Crippen LogP contribution in [0.5, 0.6) is 0 Å². The van der Waals surface area contributed by atoms with Crippen LogP contribution in [0.15, 0.2) is 18.5 Å². The standard InChI is InChI=1S/C15H24N4/c1-5-19-13-6-7-17-10-12(13)18-14(19)8-11(16)9-15(2,3)4/h6-7,10-11H,5,8-9,16H2,1-4H3. The number of pyridine rings is 1. The Balaban J connectivity index is 2.25. The second-order valence-electron chi connectivity index (χ2n) is 6.37. The number of aryl methyl sites for hydroxylation is 1. The fourth-order valence-electron chi connectivity index (χ4n) is 2.63. The molecule has 0 amide bonds. The molecule has 0 saturated heterocycles. The van der Waals surface area contributed by atoms with Crippen molar-refractivity contribution in [2.45, 2.75) is 53.1 Å². The van der Waals surface area contributed by atoms with E-state index in [1.54, 1.807) is 0 Å². The van der Waals surface area contributed by atoms with Gasteiger partial charge in [0, 0.05) is 25.2 Å². The average Bonchev–Trinajstić information content (AvgIpc) is 2.63. The molecular weight excluding hydrogens is 236 g/mol. The Labute approximate surface area is 115 Å². The van der Waals surface area contributed by atoms with Gasteiger partial charge in [-0.05, 0) is 24.8 Å². The summed E-state index contributed by atoms with van der Waals surface area (Å²) in [6.45, 7) is 9.72. The van der Waals surface area contributed by atoms with E-state index in [1.165, 1.54) is 0 Å². The number of nitrogens with zero attached hydrogens (tertiary/aromatic N) is 3. The molecule has 4 nitrogen and oxygen atoms in total. The SMILES string of the molecule is CCn1c(CC(N)CC(C)(C)C)nc2cnccc21. The minimum atomic E-state index is 0.148. The van der Waals surface area contributed by atoms with Gasteiger partial charge in [-0.2, -0.15) is 0 Å². The maximum Gasteiger partial charge on any atom is 0.111 e. The summed E-state index contributed by atoms with van der Waals surface area (Å²) >= 11 is 0. The van der Waals surface area contributed by atoms with Gasteiger partial charge in [-0.25, -0.2) is 4.98 Å². The minimum absolute atomic E-state index is 0.148. The zero-order valence-corrected chi connectivity index (χ0v) is 12.3. The first-order valence-electron chi connectivity index (χ1n) is 6.95. The minimum Gasteiger partial charge on any atom is -0.328 e. The summed E-state index contributed by atoms with van der Waals surface area (Å²) < 4.78 is 2.24. The first-order chi connectivity index (χ1) is 8.90. The Morgan fingerprint density at radius 3 is 2.74 bits per heavy atom. The molecule has 2 aromatic rings. The molecule has 0 aliphatic heterocycles. The van der Waals surface area contributed by atoms with Crippen molar-refractivity contribution >= 4 is 11.0 Å². The predicted molar refractivity (Wildman–Crippen MR) is 79.0 cm³/mol. The molecule has 0 spiro atoms. The van der Waals surface area contributed by atoms with Gasteiger partial charge in [0.25, 0.3) is 0 Å². The number of aromatic nitrogens is 3. The van der Waals surface area contributed by atoms with E-state index in [4.69, 9.17) is 5.73 Å². The maximum absolute atomic E-state index is 6.27. The summed E-state index contributed by atoms with van der Waals surface area (Å²) in [7, 11) is 0. The maximum atomic E-state index is 6.27. The lowest BCUT2D eigenvalue weighted by atomic mass is 9.87. The first kappa shape index (κ1) is 14.0. The number of imidazole rings is 1. The van der Waals surface area contributed by atoms with Gasteiger partial charge in [0.15, 0.2) is 0 Å². The van der Waals surface area contributed by atoms with E-state index >= 15 is 0 Å². The molecule has 4 heteroatoms. The van der Waals surface area contributed by atoms with Crippen LogP contribution in [0.3, 0.4) is 0 Å². The molecule has 1 unspecified atom stereocenters. The molecular formula is C15H24N4. The van der Waals surface area contributed by atoms with E-state index in [1.807, 2.05) is 18.5 Å². The summed E-state index contributed by atoms with van der Waals surface area (Å²) in [4.78, 5) is 8.81. The Kier molecular flexibility index (Phi) is 3.90. The zero-order chi connectivity index (χ0) is 14.0. The van der Waals surface area contributed by atoms with Crippen LogP contribution < -0.4 is 5.73 Å². The molecule has 19 heavy (non-hydrogen) atoms. The van der Waals surface area contributed by atoms with Gasteiger partial charge in [-0.15, -0.1) is 0 Å². The van der Waals surface area contributed by atoms with Crippen LogP contribution in [0.4, 0.5) is 0 Å². The number of fused-ring (bicyclic) bond motifs is 1. The Morgan fingerprint density at radius 1 is 1.37 bits per heavy atom. The second-order valence-corrected chi connectivity index (χ2v) is 6.37.